The van der Waals surface area contributed by atoms with Gasteiger partial charge in [0.15, 0.2) is 0 Å². The Bertz CT molecular complexity index is 268. The largest absolute Gasteiger partial charge is 0.319 e. The van der Waals surface area contributed by atoms with Crippen LogP contribution in [-0.4, -0.2) is 13.6 Å². The standard InChI is InChI=1S/C13H21NS/c1-14-10-12-5-2-4-11(12)7-8-13-6-3-9-15-13/h3,6,9,11-12,14H,2,4-5,7-8,10H2,1H3. The summed E-state index contributed by atoms with van der Waals surface area (Å²) in [6.45, 7) is 1.22. The van der Waals surface area contributed by atoms with Crippen LogP contribution in [0.15, 0.2) is 17.5 Å². The number of hydrogen-bond donors (Lipinski definition) is 1. The summed E-state index contributed by atoms with van der Waals surface area (Å²) in [7, 11) is 2.08. The molecule has 0 spiro atoms. The van der Waals surface area contributed by atoms with Crippen LogP contribution in [0.2, 0.25) is 0 Å². The molecule has 2 unspecified atom stereocenters. The molecule has 15 heavy (non-hydrogen) atoms. The van der Waals surface area contributed by atoms with Crippen molar-refractivity contribution in [3.8, 4) is 0 Å². The first-order valence-electron chi connectivity index (χ1n) is 6.07. The van der Waals surface area contributed by atoms with Gasteiger partial charge in [0.05, 0.1) is 0 Å². The summed E-state index contributed by atoms with van der Waals surface area (Å²) >= 11 is 1.91. The Balaban J connectivity index is 1.78. The average molecular weight is 223 g/mol. The summed E-state index contributed by atoms with van der Waals surface area (Å²) < 4.78 is 0. The van der Waals surface area contributed by atoms with Crippen molar-refractivity contribution < 1.29 is 0 Å². The van der Waals surface area contributed by atoms with E-state index in [0.29, 0.717) is 0 Å². The summed E-state index contributed by atoms with van der Waals surface area (Å²) in [5, 5.41) is 5.52. The lowest BCUT2D eigenvalue weighted by Crippen LogP contribution is -2.22. The summed E-state index contributed by atoms with van der Waals surface area (Å²) in [6.07, 6.45) is 7.03. The summed E-state index contributed by atoms with van der Waals surface area (Å²) in [4.78, 5) is 1.56. The molecule has 0 saturated heterocycles. The molecule has 1 aliphatic carbocycles. The summed E-state index contributed by atoms with van der Waals surface area (Å²) in [5.41, 5.74) is 0. The molecule has 0 bridgehead atoms. The fourth-order valence-electron chi connectivity index (χ4n) is 2.81. The second-order valence-electron chi connectivity index (χ2n) is 4.63. The number of thiophene rings is 1. The third-order valence-corrected chi connectivity index (χ3v) is 4.56. The molecule has 2 rings (SSSR count). The monoisotopic (exact) mass is 223 g/mol. The highest BCUT2D eigenvalue weighted by Crippen LogP contribution is 2.34. The van der Waals surface area contributed by atoms with E-state index >= 15 is 0 Å². The predicted molar refractivity (Wildman–Crippen MR) is 67.4 cm³/mol. The van der Waals surface area contributed by atoms with Crippen molar-refractivity contribution in [3.05, 3.63) is 22.4 Å². The van der Waals surface area contributed by atoms with Crippen molar-refractivity contribution in [2.24, 2.45) is 11.8 Å². The highest BCUT2D eigenvalue weighted by Gasteiger charge is 2.25. The maximum Gasteiger partial charge on any atom is 0.00453 e. The van der Waals surface area contributed by atoms with Crippen LogP contribution >= 0.6 is 11.3 Å². The van der Waals surface area contributed by atoms with E-state index < -0.39 is 0 Å². The zero-order chi connectivity index (χ0) is 10.5. The predicted octanol–water partition coefficient (Wildman–Crippen LogP) is 3.32. The second-order valence-corrected chi connectivity index (χ2v) is 5.66. The minimum atomic E-state index is 0.940. The van der Waals surface area contributed by atoms with E-state index in [0.717, 1.165) is 11.8 Å². The first kappa shape index (κ1) is 11.2. The molecule has 1 aliphatic rings. The molecule has 2 heteroatoms. The SMILES string of the molecule is CNCC1CCCC1CCc1cccs1. The summed E-state index contributed by atoms with van der Waals surface area (Å²) in [6, 6.07) is 4.44. The molecule has 1 N–H and O–H groups in total. The zero-order valence-electron chi connectivity index (χ0n) is 9.54. The quantitative estimate of drug-likeness (QED) is 0.807. The number of aryl methyl sites for hydroxylation is 1. The van der Waals surface area contributed by atoms with Gasteiger partial charge in [-0.05, 0) is 56.1 Å². The molecule has 1 saturated carbocycles. The highest BCUT2D eigenvalue weighted by atomic mass is 32.1. The molecule has 0 radical (unpaired) electrons. The van der Waals surface area contributed by atoms with Crippen LogP contribution in [0.4, 0.5) is 0 Å². The molecule has 1 aromatic heterocycles. The first-order chi connectivity index (χ1) is 7.40. The van der Waals surface area contributed by atoms with Gasteiger partial charge in [0.2, 0.25) is 0 Å². The Morgan fingerprint density at radius 2 is 2.27 bits per heavy atom. The minimum absolute atomic E-state index is 0.940. The lowest BCUT2D eigenvalue weighted by atomic mass is 9.91. The van der Waals surface area contributed by atoms with E-state index in [1.165, 1.54) is 38.6 Å². The zero-order valence-corrected chi connectivity index (χ0v) is 10.4. The fraction of sp³-hybridized carbons (Fsp3) is 0.692. The topological polar surface area (TPSA) is 12.0 Å². The van der Waals surface area contributed by atoms with Gasteiger partial charge in [-0.3, -0.25) is 0 Å². The van der Waals surface area contributed by atoms with E-state index in [9.17, 15) is 0 Å². The first-order valence-corrected chi connectivity index (χ1v) is 6.95. The van der Waals surface area contributed by atoms with Crippen molar-refractivity contribution in [1.82, 2.24) is 5.32 Å². The van der Waals surface area contributed by atoms with Crippen LogP contribution in [-0.2, 0) is 6.42 Å². The van der Waals surface area contributed by atoms with E-state index in [2.05, 4.69) is 29.9 Å². The van der Waals surface area contributed by atoms with Gasteiger partial charge < -0.3 is 5.32 Å². The van der Waals surface area contributed by atoms with Gasteiger partial charge in [0.25, 0.3) is 0 Å². The Morgan fingerprint density at radius 3 is 3.00 bits per heavy atom. The molecule has 0 aromatic carbocycles. The highest BCUT2D eigenvalue weighted by molar-refractivity contribution is 7.09. The molecule has 1 heterocycles. The van der Waals surface area contributed by atoms with Crippen molar-refractivity contribution in [2.45, 2.75) is 32.1 Å². The Kier molecular flexibility index (Phi) is 4.21. The lowest BCUT2D eigenvalue weighted by molar-refractivity contribution is 0.356. The molecule has 2 atom stereocenters. The third-order valence-electron chi connectivity index (χ3n) is 3.62. The van der Waals surface area contributed by atoms with Crippen LogP contribution in [0.1, 0.15) is 30.6 Å². The van der Waals surface area contributed by atoms with Crippen LogP contribution in [0, 0.1) is 11.8 Å². The molecule has 0 amide bonds. The second kappa shape index (κ2) is 5.66. The number of hydrogen-bond acceptors (Lipinski definition) is 2. The van der Waals surface area contributed by atoms with Gasteiger partial charge in [-0.25, -0.2) is 0 Å². The van der Waals surface area contributed by atoms with Gasteiger partial charge in [0, 0.05) is 4.88 Å². The van der Waals surface area contributed by atoms with Crippen molar-refractivity contribution in [3.63, 3.8) is 0 Å². The molecule has 1 fully saturated rings. The van der Waals surface area contributed by atoms with Gasteiger partial charge in [-0.15, -0.1) is 11.3 Å². The smallest absolute Gasteiger partial charge is 0.00453 e. The van der Waals surface area contributed by atoms with E-state index in [1.807, 2.05) is 11.3 Å². The normalized spacial score (nSPS) is 25.9. The Morgan fingerprint density at radius 1 is 1.40 bits per heavy atom. The van der Waals surface area contributed by atoms with Gasteiger partial charge in [0.1, 0.15) is 0 Å². The van der Waals surface area contributed by atoms with Crippen LogP contribution in [0.25, 0.3) is 0 Å². The molecule has 1 nitrogen and oxygen atoms in total. The van der Waals surface area contributed by atoms with Crippen molar-refractivity contribution >= 4 is 11.3 Å². The molecule has 1 aromatic rings. The van der Waals surface area contributed by atoms with Gasteiger partial charge in [-0.1, -0.05) is 18.9 Å². The van der Waals surface area contributed by atoms with Gasteiger partial charge >= 0.3 is 0 Å². The Hall–Kier alpha value is -0.340. The maximum absolute atomic E-state index is 3.34. The number of nitrogens with one attached hydrogen (secondary N) is 1. The van der Waals surface area contributed by atoms with Crippen LogP contribution in [0.3, 0.4) is 0 Å². The van der Waals surface area contributed by atoms with E-state index in [4.69, 9.17) is 0 Å². The van der Waals surface area contributed by atoms with Crippen molar-refractivity contribution in [2.75, 3.05) is 13.6 Å². The third kappa shape index (κ3) is 3.05. The van der Waals surface area contributed by atoms with E-state index in [-0.39, 0.29) is 0 Å². The molecule has 0 aliphatic heterocycles. The molecular weight excluding hydrogens is 202 g/mol. The molecular formula is C13H21NS. The molecule has 84 valence electrons. The summed E-state index contributed by atoms with van der Waals surface area (Å²) in [5.74, 6) is 1.91. The van der Waals surface area contributed by atoms with Crippen LogP contribution in [0.5, 0.6) is 0 Å². The van der Waals surface area contributed by atoms with Crippen molar-refractivity contribution in [1.29, 1.82) is 0 Å². The van der Waals surface area contributed by atoms with Gasteiger partial charge in [-0.2, -0.15) is 0 Å². The minimum Gasteiger partial charge on any atom is -0.319 e. The maximum atomic E-state index is 3.34. The number of rotatable bonds is 5. The van der Waals surface area contributed by atoms with E-state index in [1.54, 1.807) is 4.88 Å². The average Bonchev–Trinajstić information content (AvgIpc) is 2.85. The lowest BCUT2D eigenvalue weighted by Gasteiger charge is -2.18. The van der Waals surface area contributed by atoms with Crippen LogP contribution < -0.4 is 5.32 Å². The Labute approximate surface area is 96.9 Å². The fourth-order valence-corrected chi connectivity index (χ4v) is 3.53.